The summed E-state index contributed by atoms with van der Waals surface area (Å²) in [4.78, 5) is 14.8. The highest BCUT2D eigenvalue weighted by Gasteiger charge is 2.61. The number of carbonyl (C=O) groups is 1. The highest BCUT2D eigenvalue weighted by molar-refractivity contribution is 7.80. The Morgan fingerprint density at radius 1 is 1.17 bits per heavy atom. The van der Waals surface area contributed by atoms with Crippen LogP contribution in [0.1, 0.15) is 22.8 Å². The fraction of sp³-hybridized carbons (Fsp3) is 0.222. The van der Waals surface area contributed by atoms with E-state index < -0.39 is 11.6 Å². The molecule has 0 bridgehead atoms. The monoisotopic (exact) mass is 324 g/mol. The molecule has 4 rings (SSSR count). The molecule has 23 heavy (non-hydrogen) atoms. The number of nitrogens with zero attached hydrogens (tertiary/aromatic N) is 1. The summed E-state index contributed by atoms with van der Waals surface area (Å²) in [6.07, 6.45) is -0.478. The average molecular weight is 324 g/mol. The van der Waals surface area contributed by atoms with Crippen LogP contribution in [0.2, 0.25) is 0 Å². The molecule has 2 aromatic rings. The van der Waals surface area contributed by atoms with Gasteiger partial charge in [0.2, 0.25) is 0 Å². The van der Waals surface area contributed by atoms with Gasteiger partial charge in [-0.2, -0.15) is 0 Å². The molecule has 4 nitrogen and oxygen atoms in total. The van der Waals surface area contributed by atoms with Crippen LogP contribution in [-0.4, -0.2) is 18.1 Å². The second kappa shape index (κ2) is 4.80. The highest BCUT2D eigenvalue weighted by Crippen LogP contribution is 2.50. The lowest BCUT2D eigenvalue weighted by atomic mass is 9.82. The number of ether oxygens (including phenoxy) is 1. The van der Waals surface area contributed by atoms with Gasteiger partial charge in [-0.25, -0.2) is 0 Å². The van der Waals surface area contributed by atoms with Gasteiger partial charge in [0.05, 0.1) is 0 Å². The third kappa shape index (κ3) is 1.83. The standard InChI is InChI=1S/C18H16N2O2S/c1-11-7-9-12(10-8-11)15-18(19-17(23)22-15)13-5-3-4-6-14(13)20(2)16(18)21/h3-10,15H,1-2H3,(H,19,23)/t15-,18-/m0/s1. The predicted octanol–water partition coefficient (Wildman–Crippen LogP) is 2.81. The first kappa shape index (κ1) is 14.2. The van der Waals surface area contributed by atoms with Crippen molar-refractivity contribution >= 4 is 29.0 Å². The van der Waals surface area contributed by atoms with Crippen molar-refractivity contribution in [1.29, 1.82) is 0 Å². The molecule has 1 N–H and O–H groups in total. The minimum atomic E-state index is -0.988. The van der Waals surface area contributed by atoms with Gasteiger partial charge in [-0.3, -0.25) is 4.79 Å². The normalized spacial score (nSPS) is 25.5. The second-order valence-corrected chi connectivity index (χ2v) is 6.38. The Balaban J connectivity index is 1.93. The predicted molar refractivity (Wildman–Crippen MR) is 92.3 cm³/mol. The number of para-hydroxylation sites is 1. The number of hydrogen-bond donors (Lipinski definition) is 1. The van der Waals surface area contributed by atoms with Gasteiger partial charge in [0.25, 0.3) is 11.1 Å². The van der Waals surface area contributed by atoms with Crippen LogP contribution in [0, 0.1) is 6.92 Å². The zero-order valence-corrected chi connectivity index (χ0v) is 13.7. The molecule has 5 heteroatoms. The van der Waals surface area contributed by atoms with Crippen molar-refractivity contribution in [3.8, 4) is 0 Å². The number of likely N-dealkylation sites (N-methyl/N-ethyl adjacent to an activating group) is 1. The van der Waals surface area contributed by atoms with Crippen molar-refractivity contribution in [1.82, 2.24) is 5.32 Å². The maximum Gasteiger partial charge on any atom is 0.261 e. The fourth-order valence-corrected chi connectivity index (χ4v) is 3.73. The van der Waals surface area contributed by atoms with E-state index in [4.69, 9.17) is 17.0 Å². The van der Waals surface area contributed by atoms with Gasteiger partial charge in [0.15, 0.2) is 11.6 Å². The Labute approximate surface area is 140 Å². The van der Waals surface area contributed by atoms with Crippen molar-refractivity contribution in [3.05, 3.63) is 65.2 Å². The first-order valence-corrected chi connectivity index (χ1v) is 7.88. The number of aryl methyl sites for hydroxylation is 1. The number of benzene rings is 2. The number of carbonyl (C=O) groups excluding carboxylic acids is 1. The van der Waals surface area contributed by atoms with Crippen molar-refractivity contribution < 1.29 is 9.53 Å². The summed E-state index contributed by atoms with van der Waals surface area (Å²) in [6, 6.07) is 15.8. The number of hydrogen-bond acceptors (Lipinski definition) is 3. The third-order valence-electron chi connectivity index (χ3n) is 4.63. The summed E-state index contributed by atoms with van der Waals surface area (Å²) in [5.41, 5.74) is 2.89. The summed E-state index contributed by atoms with van der Waals surface area (Å²) in [5.74, 6) is -0.0517. The molecule has 2 aliphatic heterocycles. The number of anilines is 1. The number of nitrogens with one attached hydrogen (secondary N) is 1. The Morgan fingerprint density at radius 3 is 2.61 bits per heavy atom. The van der Waals surface area contributed by atoms with Gasteiger partial charge in [-0.1, -0.05) is 48.0 Å². The molecule has 0 radical (unpaired) electrons. The van der Waals surface area contributed by atoms with Crippen LogP contribution in [0.25, 0.3) is 0 Å². The SMILES string of the molecule is Cc1ccc([C@@H]2OC(=S)N[C@]23C(=O)N(C)c2ccccc23)cc1. The molecular formula is C18H16N2O2S. The van der Waals surface area contributed by atoms with Gasteiger partial charge in [-0.05, 0) is 30.8 Å². The van der Waals surface area contributed by atoms with E-state index in [1.54, 1.807) is 11.9 Å². The maximum absolute atomic E-state index is 13.1. The molecule has 0 aliphatic carbocycles. The molecule has 2 atom stereocenters. The van der Waals surface area contributed by atoms with Crippen molar-refractivity contribution in [2.24, 2.45) is 0 Å². The van der Waals surface area contributed by atoms with E-state index in [-0.39, 0.29) is 11.1 Å². The average Bonchev–Trinajstić information content (AvgIpc) is 3.01. The van der Waals surface area contributed by atoms with Crippen LogP contribution < -0.4 is 10.2 Å². The molecule has 2 aliphatic rings. The summed E-state index contributed by atoms with van der Waals surface area (Å²) in [6.45, 7) is 2.03. The van der Waals surface area contributed by atoms with Crippen molar-refractivity contribution in [3.63, 3.8) is 0 Å². The zero-order valence-electron chi connectivity index (χ0n) is 12.9. The molecule has 1 spiro atoms. The molecule has 0 aromatic heterocycles. The number of fused-ring (bicyclic) bond motifs is 2. The van der Waals surface area contributed by atoms with Crippen molar-refractivity contribution in [2.45, 2.75) is 18.6 Å². The lowest BCUT2D eigenvalue weighted by Crippen LogP contribution is -2.49. The fourth-order valence-electron chi connectivity index (χ4n) is 3.47. The molecule has 1 fully saturated rings. The minimum Gasteiger partial charge on any atom is -0.459 e. The molecule has 0 saturated carbocycles. The van der Waals surface area contributed by atoms with Crippen LogP contribution in [0.4, 0.5) is 5.69 Å². The van der Waals surface area contributed by atoms with Gasteiger partial charge in [-0.15, -0.1) is 0 Å². The molecule has 2 heterocycles. The quantitative estimate of drug-likeness (QED) is 0.819. The van der Waals surface area contributed by atoms with Crippen LogP contribution >= 0.6 is 12.2 Å². The Hall–Kier alpha value is -2.40. The van der Waals surface area contributed by atoms with E-state index in [1.165, 1.54) is 0 Å². The lowest BCUT2D eigenvalue weighted by molar-refractivity contribution is -0.125. The number of rotatable bonds is 1. The van der Waals surface area contributed by atoms with E-state index >= 15 is 0 Å². The summed E-state index contributed by atoms with van der Waals surface area (Å²) >= 11 is 5.25. The number of thiocarbonyl (C=S) groups is 1. The van der Waals surface area contributed by atoms with Crippen LogP contribution in [0.5, 0.6) is 0 Å². The Kier molecular flexibility index (Phi) is 2.96. The van der Waals surface area contributed by atoms with Gasteiger partial charge >= 0.3 is 0 Å². The smallest absolute Gasteiger partial charge is 0.261 e. The van der Waals surface area contributed by atoms with E-state index in [1.807, 2.05) is 55.5 Å². The summed E-state index contributed by atoms with van der Waals surface area (Å²) < 4.78 is 5.87. The molecule has 1 amide bonds. The molecule has 1 saturated heterocycles. The highest BCUT2D eigenvalue weighted by atomic mass is 32.1. The largest absolute Gasteiger partial charge is 0.459 e. The van der Waals surface area contributed by atoms with Crippen LogP contribution in [0.3, 0.4) is 0 Å². The van der Waals surface area contributed by atoms with E-state index in [0.717, 1.165) is 22.4 Å². The molecule has 2 aromatic carbocycles. The van der Waals surface area contributed by atoms with Gasteiger partial charge in [0, 0.05) is 18.3 Å². The topological polar surface area (TPSA) is 41.6 Å². The molecule has 0 unspecified atom stereocenters. The third-order valence-corrected chi connectivity index (χ3v) is 4.83. The molecule has 116 valence electrons. The first-order chi connectivity index (χ1) is 11.0. The van der Waals surface area contributed by atoms with Crippen molar-refractivity contribution in [2.75, 3.05) is 11.9 Å². The summed E-state index contributed by atoms with van der Waals surface area (Å²) in [5, 5.41) is 3.41. The first-order valence-electron chi connectivity index (χ1n) is 7.47. The maximum atomic E-state index is 13.1. The Bertz CT molecular complexity index is 818. The van der Waals surface area contributed by atoms with Gasteiger partial charge < -0.3 is 15.0 Å². The van der Waals surface area contributed by atoms with Gasteiger partial charge in [0.1, 0.15) is 0 Å². The van der Waals surface area contributed by atoms with E-state index in [0.29, 0.717) is 0 Å². The Morgan fingerprint density at radius 2 is 1.87 bits per heavy atom. The van der Waals surface area contributed by atoms with Crippen LogP contribution in [-0.2, 0) is 15.1 Å². The second-order valence-electron chi connectivity index (χ2n) is 6.01. The zero-order chi connectivity index (χ0) is 16.2. The minimum absolute atomic E-state index is 0.0517. The van der Waals surface area contributed by atoms with Crippen LogP contribution in [0.15, 0.2) is 48.5 Å². The van der Waals surface area contributed by atoms with E-state index in [2.05, 4.69) is 5.32 Å². The molecular weight excluding hydrogens is 308 g/mol. The van der Waals surface area contributed by atoms with E-state index in [9.17, 15) is 4.79 Å². The summed E-state index contributed by atoms with van der Waals surface area (Å²) in [7, 11) is 1.78. The number of amides is 1. The lowest BCUT2D eigenvalue weighted by Gasteiger charge is -2.27.